The topological polar surface area (TPSA) is 77.2 Å². The van der Waals surface area contributed by atoms with Gasteiger partial charge in [-0.15, -0.1) is 0 Å². The monoisotopic (exact) mass is 376 g/mol. The maximum Gasteiger partial charge on any atom is 0.345 e. The summed E-state index contributed by atoms with van der Waals surface area (Å²) in [5.41, 5.74) is 0.731. The zero-order valence-electron chi connectivity index (χ0n) is 15.1. The summed E-state index contributed by atoms with van der Waals surface area (Å²) in [5, 5.41) is 5.62. The molecule has 1 aliphatic rings. The van der Waals surface area contributed by atoms with Gasteiger partial charge in [-0.3, -0.25) is 4.57 Å². The lowest BCUT2D eigenvalue weighted by Gasteiger charge is -2.29. The van der Waals surface area contributed by atoms with Gasteiger partial charge in [0.1, 0.15) is 5.82 Å². The van der Waals surface area contributed by atoms with E-state index in [1.165, 1.54) is 14.4 Å². The van der Waals surface area contributed by atoms with E-state index in [0.29, 0.717) is 32.5 Å². The molecule has 1 aliphatic heterocycles. The van der Waals surface area contributed by atoms with E-state index in [2.05, 4.69) is 5.10 Å². The molecule has 26 heavy (non-hydrogen) atoms. The second-order valence-corrected chi connectivity index (χ2v) is 8.26. The molecule has 7 nitrogen and oxygen atoms in total. The van der Waals surface area contributed by atoms with E-state index >= 15 is 0 Å². The van der Waals surface area contributed by atoms with Crippen LogP contribution in [-0.2, 0) is 23.6 Å². The molecule has 1 fully saturated rings. The Balaban J connectivity index is 1.69. The highest BCUT2D eigenvalue weighted by molar-refractivity contribution is 7.92. The SMILES string of the molecule is CCn1c(C2CCN(S(=O)(=O)C=Cc3ccccc3)CC2)nn(C)c1=O. The summed E-state index contributed by atoms with van der Waals surface area (Å²) < 4.78 is 29.6. The van der Waals surface area contributed by atoms with Crippen LogP contribution in [0.25, 0.3) is 6.08 Å². The van der Waals surface area contributed by atoms with Crippen molar-refractivity contribution in [2.24, 2.45) is 7.05 Å². The van der Waals surface area contributed by atoms with Gasteiger partial charge in [0.2, 0.25) is 10.0 Å². The summed E-state index contributed by atoms with van der Waals surface area (Å²) in [4.78, 5) is 12.1. The highest BCUT2D eigenvalue weighted by atomic mass is 32.2. The number of hydrogen-bond acceptors (Lipinski definition) is 4. The van der Waals surface area contributed by atoms with Gasteiger partial charge in [-0.1, -0.05) is 30.3 Å². The van der Waals surface area contributed by atoms with Gasteiger partial charge in [-0.25, -0.2) is 17.9 Å². The summed E-state index contributed by atoms with van der Waals surface area (Å²) in [5.74, 6) is 0.866. The average Bonchev–Trinajstić information content (AvgIpc) is 2.95. The van der Waals surface area contributed by atoms with E-state index in [0.717, 1.165) is 11.4 Å². The molecular weight excluding hydrogens is 352 g/mol. The van der Waals surface area contributed by atoms with Crippen LogP contribution in [0.5, 0.6) is 0 Å². The summed E-state index contributed by atoms with van der Waals surface area (Å²) >= 11 is 0. The van der Waals surface area contributed by atoms with E-state index in [1.54, 1.807) is 17.7 Å². The summed E-state index contributed by atoms with van der Waals surface area (Å²) in [7, 11) is -1.80. The Morgan fingerprint density at radius 3 is 2.46 bits per heavy atom. The molecular formula is C18H24N4O3S. The average molecular weight is 376 g/mol. The molecule has 140 valence electrons. The van der Waals surface area contributed by atoms with Crippen LogP contribution >= 0.6 is 0 Å². The number of piperidine rings is 1. The minimum atomic E-state index is -3.45. The molecule has 8 heteroatoms. The highest BCUT2D eigenvalue weighted by Crippen LogP contribution is 2.28. The molecule has 0 amide bonds. The first-order chi connectivity index (χ1) is 12.4. The maximum absolute atomic E-state index is 12.5. The van der Waals surface area contributed by atoms with Crippen molar-refractivity contribution in [1.82, 2.24) is 18.7 Å². The first-order valence-electron chi connectivity index (χ1n) is 8.79. The molecule has 2 aromatic rings. The number of rotatable bonds is 5. The lowest BCUT2D eigenvalue weighted by atomic mass is 9.97. The lowest BCUT2D eigenvalue weighted by Crippen LogP contribution is -2.37. The van der Waals surface area contributed by atoms with Gasteiger partial charge in [0.25, 0.3) is 0 Å². The quantitative estimate of drug-likeness (QED) is 0.797. The van der Waals surface area contributed by atoms with Crippen molar-refractivity contribution in [1.29, 1.82) is 0 Å². The number of sulfonamides is 1. The van der Waals surface area contributed by atoms with Gasteiger partial charge < -0.3 is 0 Å². The van der Waals surface area contributed by atoms with Crippen LogP contribution in [0, 0.1) is 0 Å². The van der Waals surface area contributed by atoms with E-state index in [4.69, 9.17) is 0 Å². The van der Waals surface area contributed by atoms with Crippen LogP contribution < -0.4 is 5.69 Å². The highest BCUT2D eigenvalue weighted by Gasteiger charge is 2.30. The van der Waals surface area contributed by atoms with Gasteiger partial charge in [0.05, 0.1) is 0 Å². The van der Waals surface area contributed by atoms with Crippen LogP contribution in [0.3, 0.4) is 0 Å². The van der Waals surface area contributed by atoms with Gasteiger partial charge in [0.15, 0.2) is 0 Å². The molecule has 0 N–H and O–H groups in total. The number of aryl methyl sites for hydroxylation is 1. The first-order valence-corrected chi connectivity index (χ1v) is 10.3. The van der Waals surface area contributed by atoms with Crippen LogP contribution in [0.2, 0.25) is 0 Å². The predicted octanol–water partition coefficient (Wildman–Crippen LogP) is 1.78. The smallest absolute Gasteiger partial charge is 0.279 e. The fraction of sp³-hybridized carbons (Fsp3) is 0.444. The second-order valence-electron chi connectivity index (χ2n) is 6.44. The molecule has 0 atom stereocenters. The third-order valence-corrected chi connectivity index (χ3v) is 6.33. The molecule has 0 bridgehead atoms. The predicted molar refractivity (Wildman–Crippen MR) is 101 cm³/mol. The number of benzene rings is 1. The second kappa shape index (κ2) is 7.59. The summed E-state index contributed by atoms with van der Waals surface area (Å²) in [6.45, 7) is 3.35. The van der Waals surface area contributed by atoms with Gasteiger partial charge in [-0.05, 0) is 31.4 Å². The number of nitrogens with zero attached hydrogens (tertiary/aromatic N) is 4. The molecule has 2 heterocycles. The van der Waals surface area contributed by atoms with Gasteiger partial charge in [0, 0.05) is 38.0 Å². The molecule has 0 spiro atoms. The van der Waals surface area contributed by atoms with Crippen LogP contribution in [0.1, 0.15) is 37.1 Å². The Hall–Kier alpha value is -2.19. The van der Waals surface area contributed by atoms with Crippen LogP contribution in [-0.4, -0.2) is 40.2 Å². The van der Waals surface area contributed by atoms with Crippen molar-refractivity contribution in [3.8, 4) is 0 Å². The summed E-state index contributed by atoms with van der Waals surface area (Å²) in [6.07, 6.45) is 2.94. The Kier molecular flexibility index (Phi) is 5.43. The molecule has 0 unspecified atom stereocenters. The first kappa shape index (κ1) is 18.6. The zero-order chi connectivity index (χ0) is 18.7. The molecule has 1 aromatic carbocycles. The zero-order valence-corrected chi connectivity index (χ0v) is 15.9. The Labute approximate surface area is 153 Å². The number of aromatic nitrogens is 3. The number of hydrogen-bond donors (Lipinski definition) is 0. The fourth-order valence-corrected chi connectivity index (χ4v) is 4.53. The van der Waals surface area contributed by atoms with Crippen molar-refractivity contribution in [2.45, 2.75) is 32.2 Å². The Morgan fingerprint density at radius 1 is 1.19 bits per heavy atom. The third-order valence-electron chi connectivity index (χ3n) is 4.76. The van der Waals surface area contributed by atoms with Crippen molar-refractivity contribution >= 4 is 16.1 Å². The van der Waals surface area contributed by atoms with E-state index < -0.39 is 10.0 Å². The van der Waals surface area contributed by atoms with Gasteiger partial charge in [-0.2, -0.15) is 9.40 Å². The minimum absolute atomic E-state index is 0.105. The third kappa shape index (κ3) is 3.81. The molecule has 0 radical (unpaired) electrons. The molecule has 0 saturated carbocycles. The molecule has 3 rings (SSSR count). The van der Waals surface area contributed by atoms with Crippen molar-refractivity contribution in [3.63, 3.8) is 0 Å². The maximum atomic E-state index is 12.5. The molecule has 0 aliphatic carbocycles. The van der Waals surface area contributed by atoms with Crippen molar-refractivity contribution < 1.29 is 8.42 Å². The Bertz CT molecular complexity index is 937. The van der Waals surface area contributed by atoms with Crippen molar-refractivity contribution in [3.05, 3.63) is 57.6 Å². The van der Waals surface area contributed by atoms with E-state index in [1.807, 2.05) is 37.3 Å². The fourth-order valence-electron chi connectivity index (χ4n) is 3.31. The molecule has 1 aromatic heterocycles. The van der Waals surface area contributed by atoms with Crippen LogP contribution in [0.15, 0.2) is 40.5 Å². The van der Waals surface area contributed by atoms with Gasteiger partial charge >= 0.3 is 5.69 Å². The Morgan fingerprint density at radius 2 is 1.85 bits per heavy atom. The molecule has 1 saturated heterocycles. The van der Waals surface area contributed by atoms with Crippen molar-refractivity contribution in [2.75, 3.05) is 13.1 Å². The normalized spacial score (nSPS) is 17.2. The van der Waals surface area contributed by atoms with Crippen LogP contribution in [0.4, 0.5) is 0 Å². The summed E-state index contributed by atoms with van der Waals surface area (Å²) in [6, 6.07) is 9.37. The largest absolute Gasteiger partial charge is 0.345 e. The standard InChI is InChI=1S/C18H24N4O3S/c1-3-22-17(19-20(2)18(22)23)16-9-12-21(13-10-16)26(24,25)14-11-15-7-5-4-6-8-15/h4-8,11,14,16H,3,9-10,12-13H2,1-2H3. The lowest BCUT2D eigenvalue weighted by molar-refractivity contribution is 0.311. The van der Waals surface area contributed by atoms with E-state index in [-0.39, 0.29) is 11.6 Å². The minimum Gasteiger partial charge on any atom is -0.279 e. The van der Waals surface area contributed by atoms with E-state index in [9.17, 15) is 13.2 Å².